The van der Waals surface area contributed by atoms with Crippen molar-refractivity contribution in [1.29, 1.82) is 5.26 Å². The van der Waals surface area contributed by atoms with E-state index in [4.69, 9.17) is 21.1 Å². The standard InChI is InChI=1S/C33H31ClFN3O3/c1-33(2,39)20-38-18-23-13-28(34)32(14-31(23)40-19-22-12-21(15-36)16-37-17-22)41-30-11-10-25-24(7-5-8-27(25)30)26-6-3-4-9-29(26)35/h3-9,12-14,16-17,30,38-39H,10-11,18-20H2,1-2H3/t30-/m0/s1. The quantitative estimate of drug-likeness (QED) is 0.215. The number of aliphatic hydroxyl groups is 1. The van der Waals surface area contributed by atoms with Crippen molar-refractivity contribution in [2.45, 2.75) is 51.5 Å². The third-order valence-corrected chi connectivity index (χ3v) is 7.25. The molecule has 5 rings (SSSR count). The van der Waals surface area contributed by atoms with Crippen molar-refractivity contribution in [2.24, 2.45) is 0 Å². The molecule has 1 aliphatic carbocycles. The summed E-state index contributed by atoms with van der Waals surface area (Å²) < 4.78 is 27.3. The lowest BCUT2D eigenvalue weighted by Crippen LogP contribution is -2.34. The van der Waals surface area contributed by atoms with Gasteiger partial charge in [0.05, 0.1) is 16.2 Å². The molecule has 41 heavy (non-hydrogen) atoms. The number of benzene rings is 3. The van der Waals surface area contributed by atoms with Crippen LogP contribution >= 0.6 is 11.6 Å². The van der Waals surface area contributed by atoms with Crippen molar-refractivity contribution in [1.82, 2.24) is 10.3 Å². The average molecular weight is 572 g/mol. The van der Waals surface area contributed by atoms with Crippen LogP contribution in [-0.4, -0.2) is 22.2 Å². The Balaban J connectivity index is 1.41. The largest absolute Gasteiger partial charge is 0.488 e. The van der Waals surface area contributed by atoms with E-state index in [9.17, 15) is 14.8 Å². The number of pyridine rings is 1. The van der Waals surface area contributed by atoms with Crippen LogP contribution in [0.1, 0.15) is 54.2 Å². The normalized spacial score (nSPS) is 14.4. The first-order valence-electron chi connectivity index (χ1n) is 13.5. The number of nitriles is 1. The molecule has 3 aromatic carbocycles. The number of nitrogens with one attached hydrogen (secondary N) is 1. The minimum Gasteiger partial charge on any atom is -0.488 e. The highest BCUT2D eigenvalue weighted by Gasteiger charge is 2.28. The highest BCUT2D eigenvalue weighted by Crippen LogP contribution is 2.43. The van der Waals surface area contributed by atoms with Gasteiger partial charge in [-0.1, -0.05) is 48.0 Å². The zero-order valence-electron chi connectivity index (χ0n) is 23.0. The molecule has 0 fully saturated rings. The molecule has 4 aromatic rings. The molecule has 1 atom stereocenters. The van der Waals surface area contributed by atoms with Crippen LogP contribution in [0.15, 0.2) is 73.1 Å². The fraction of sp³-hybridized carbons (Fsp3) is 0.273. The lowest BCUT2D eigenvalue weighted by atomic mass is 9.96. The fourth-order valence-electron chi connectivity index (χ4n) is 5.05. The first-order chi connectivity index (χ1) is 19.7. The molecule has 0 saturated carbocycles. The molecule has 0 unspecified atom stereocenters. The SMILES string of the molecule is CC(C)(O)CNCc1cc(Cl)c(O[C@H]2CCc3c(-c4ccccc4F)cccc32)cc1OCc1cncc(C#N)c1. The number of halogens is 2. The highest BCUT2D eigenvalue weighted by atomic mass is 35.5. The predicted molar refractivity (Wildman–Crippen MR) is 156 cm³/mol. The van der Waals surface area contributed by atoms with Crippen LogP contribution < -0.4 is 14.8 Å². The van der Waals surface area contributed by atoms with Crippen LogP contribution in [0, 0.1) is 17.1 Å². The lowest BCUT2D eigenvalue weighted by molar-refractivity contribution is 0.0794. The topological polar surface area (TPSA) is 87.4 Å². The van der Waals surface area contributed by atoms with E-state index in [0.29, 0.717) is 40.7 Å². The maximum Gasteiger partial charge on any atom is 0.142 e. The van der Waals surface area contributed by atoms with Gasteiger partial charge in [0.25, 0.3) is 0 Å². The monoisotopic (exact) mass is 571 g/mol. The maximum absolute atomic E-state index is 14.6. The Kier molecular flexibility index (Phi) is 8.55. The summed E-state index contributed by atoms with van der Waals surface area (Å²) in [6.07, 6.45) is 4.39. The summed E-state index contributed by atoms with van der Waals surface area (Å²) in [5.74, 6) is 0.790. The second-order valence-corrected chi connectivity index (χ2v) is 11.2. The summed E-state index contributed by atoms with van der Waals surface area (Å²) in [7, 11) is 0. The minimum atomic E-state index is -0.880. The zero-order chi connectivity index (χ0) is 29.0. The molecular weight excluding hydrogens is 541 g/mol. The third kappa shape index (κ3) is 6.86. The van der Waals surface area contributed by atoms with E-state index in [1.54, 1.807) is 50.4 Å². The molecule has 1 heterocycles. The molecule has 0 radical (unpaired) electrons. The maximum atomic E-state index is 14.6. The van der Waals surface area contributed by atoms with Crippen LogP contribution in [0.2, 0.25) is 5.02 Å². The molecule has 1 aliphatic rings. The van der Waals surface area contributed by atoms with E-state index in [1.807, 2.05) is 24.3 Å². The Labute approximate surface area is 244 Å². The lowest BCUT2D eigenvalue weighted by Gasteiger charge is -2.21. The fourth-order valence-corrected chi connectivity index (χ4v) is 5.29. The second-order valence-electron chi connectivity index (χ2n) is 10.8. The highest BCUT2D eigenvalue weighted by molar-refractivity contribution is 6.32. The van der Waals surface area contributed by atoms with E-state index in [0.717, 1.165) is 40.7 Å². The van der Waals surface area contributed by atoms with Crippen LogP contribution in [0.25, 0.3) is 11.1 Å². The first kappa shape index (κ1) is 28.6. The summed E-state index contributed by atoms with van der Waals surface area (Å²) in [5.41, 5.74) is 4.67. The number of nitrogens with zero attached hydrogens (tertiary/aromatic N) is 2. The van der Waals surface area contributed by atoms with E-state index in [2.05, 4.69) is 16.4 Å². The molecule has 6 nitrogen and oxygen atoms in total. The Bertz CT molecular complexity index is 1600. The number of rotatable bonds is 10. The van der Waals surface area contributed by atoms with Gasteiger partial charge < -0.3 is 19.9 Å². The van der Waals surface area contributed by atoms with E-state index in [-0.39, 0.29) is 18.5 Å². The van der Waals surface area contributed by atoms with Crippen molar-refractivity contribution >= 4 is 11.6 Å². The number of ether oxygens (including phenoxy) is 2. The van der Waals surface area contributed by atoms with Gasteiger partial charge in [-0.15, -0.1) is 0 Å². The van der Waals surface area contributed by atoms with Gasteiger partial charge >= 0.3 is 0 Å². The summed E-state index contributed by atoms with van der Waals surface area (Å²) in [6.45, 7) is 4.44. The molecule has 0 saturated heterocycles. The summed E-state index contributed by atoms with van der Waals surface area (Å²) in [6, 6.07) is 20.1. The van der Waals surface area contributed by atoms with Gasteiger partial charge in [0.15, 0.2) is 0 Å². The number of fused-ring (bicyclic) bond motifs is 1. The van der Waals surface area contributed by atoms with Crippen molar-refractivity contribution in [2.75, 3.05) is 6.54 Å². The van der Waals surface area contributed by atoms with Crippen LogP contribution in [0.3, 0.4) is 0 Å². The molecule has 2 N–H and O–H groups in total. The Morgan fingerprint density at radius 3 is 2.68 bits per heavy atom. The molecular formula is C33H31ClFN3O3. The molecule has 1 aromatic heterocycles. The van der Waals surface area contributed by atoms with Gasteiger partial charge in [-0.3, -0.25) is 4.98 Å². The van der Waals surface area contributed by atoms with Crippen LogP contribution in [0.5, 0.6) is 11.5 Å². The smallest absolute Gasteiger partial charge is 0.142 e. The summed E-state index contributed by atoms with van der Waals surface area (Å²) in [5, 5.41) is 23.0. The van der Waals surface area contributed by atoms with E-state index >= 15 is 0 Å². The summed E-state index contributed by atoms with van der Waals surface area (Å²) in [4.78, 5) is 4.11. The van der Waals surface area contributed by atoms with Crippen molar-refractivity contribution < 1.29 is 19.0 Å². The van der Waals surface area contributed by atoms with Crippen LogP contribution in [-0.2, 0) is 19.6 Å². The average Bonchev–Trinajstić information content (AvgIpc) is 3.36. The number of hydrogen-bond acceptors (Lipinski definition) is 6. The van der Waals surface area contributed by atoms with Crippen LogP contribution in [0.4, 0.5) is 4.39 Å². The van der Waals surface area contributed by atoms with E-state index in [1.165, 1.54) is 12.3 Å². The Morgan fingerprint density at radius 2 is 1.90 bits per heavy atom. The Hall–Kier alpha value is -3.96. The molecule has 0 amide bonds. The van der Waals surface area contributed by atoms with Gasteiger partial charge in [-0.05, 0) is 61.6 Å². The number of hydrogen-bond donors (Lipinski definition) is 2. The first-order valence-corrected chi connectivity index (χ1v) is 13.9. The van der Waals surface area contributed by atoms with Crippen molar-refractivity contribution in [3.05, 3.63) is 112 Å². The van der Waals surface area contributed by atoms with Gasteiger partial charge in [0.2, 0.25) is 0 Å². The van der Waals surface area contributed by atoms with Crippen molar-refractivity contribution in [3.63, 3.8) is 0 Å². The van der Waals surface area contributed by atoms with Gasteiger partial charge in [0, 0.05) is 48.2 Å². The Morgan fingerprint density at radius 1 is 1.10 bits per heavy atom. The van der Waals surface area contributed by atoms with Gasteiger partial charge in [-0.25, -0.2) is 4.39 Å². The molecule has 0 aliphatic heterocycles. The third-order valence-electron chi connectivity index (χ3n) is 6.96. The molecule has 0 spiro atoms. The summed E-state index contributed by atoms with van der Waals surface area (Å²) >= 11 is 6.73. The van der Waals surface area contributed by atoms with E-state index < -0.39 is 5.60 Å². The van der Waals surface area contributed by atoms with Gasteiger partial charge in [0.1, 0.15) is 36.1 Å². The zero-order valence-corrected chi connectivity index (χ0v) is 23.7. The second kappa shape index (κ2) is 12.3. The van der Waals surface area contributed by atoms with Crippen molar-refractivity contribution in [3.8, 4) is 28.7 Å². The minimum absolute atomic E-state index is 0.195. The predicted octanol–water partition coefficient (Wildman–Crippen LogP) is 6.92. The van der Waals surface area contributed by atoms with Gasteiger partial charge in [-0.2, -0.15) is 5.26 Å². The molecule has 8 heteroatoms. The number of aromatic nitrogens is 1. The molecule has 210 valence electrons. The molecule has 0 bridgehead atoms.